The van der Waals surface area contributed by atoms with Gasteiger partial charge in [-0.05, 0) is 35.9 Å². The van der Waals surface area contributed by atoms with Crippen molar-refractivity contribution in [2.45, 2.75) is 6.04 Å². The molecular weight excluding hydrogens is 340 g/mol. The summed E-state index contributed by atoms with van der Waals surface area (Å²) in [5.41, 5.74) is 7.07. The van der Waals surface area contributed by atoms with Gasteiger partial charge in [-0.3, -0.25) is 0 Å². The molecule has 0 bridgehead atoms. The minimum atomic E-state index is -0.632. The second-order valence-electron chi connectivity index (χ2n) is 3.81. The molecule has 0 saturated carbocycles. The summed E-state index contributed by atoms with van der Waals surface area (Å²) in [7, 11) is 0. The molecule has 2 aromatic carbocycles. The summed E-state index contributed by atoms with van der Waals surface area (Å²) >= 11 is 15.2. The van der Waals surface area contributed by atoms with Crippen LogP contribution in [0.4, 0.5) is 4.39 Å². The van der Waals surface area contributed by atoms with E-state index in [0.29, 0.717) is 21.2 Å². The van der Waals surface area contributed by atoms with E-state index in [9.17, 15) is 4.39 Å². The van der Waals surface area contributed by atoms with E-state index >= 15 is 0 Å². The Balaban J connectivity index is 2.47. The van der Waals surface area contributed by atoms with E-state index in [1.54, 1.807) is 30.3 Å². The van der Waals surface area contributed by atoms with Crippen LogP contribution in [0.2, 0.25) is 10.0 Å². The topological polar surface area (TPSA) is 26.0 Å². The molecule has 0 amide bonds. The third-order valence-electron chi connectivity index (χ3n) is 2.59. The molecule has 0 aliphatic carbocycles. The smallest absolute Gasteiger partial charge is 0.128 e. The molecule has 5 heteroatoms. The quantitative estimate of drug-likeness (QED) is 0.816. The first-order valence-corrected chi connectivity index (χ1v) is 6.69. The Kier molecular flexibility index (Phi) is 4.28. The van der Waals surface area contributed by atoms with Crippen LogP contribution in [0.5, 0.6) is 0 Å². The van der Waals surface area contributed by atoms with Crippen molar-refractivity contribution in [2.75, 3.05) is 0 Å². The molecule has 0 fully saturated rings. The first kappa shape index (κ1) is 13.8. The number of benzene rings is 2. The number of hydrogen-bond donors (Lipinski definition) is 1. The monoisotopic (exact) mass is 347 g/mol. The van der Waals surface area contributed by atoms with E-state index in [0.717, 1.165) is 4.47 Å². The predicted octanol–water partition coefficient (Wildman–Crippen LogP) is 4.94. The van der Waals surface area contributed by atoms with Crippen molar-refractivity contribution in [1.82, 2.24) is 0 Å². The van der Waals surface area contributed by atoms with Gasteiger partial charge < -0.3 is 5.73 Å². The molecule has 2 aromatic rings. The summed E-state index contributed by atoms with van der Waals surface area (Å²) in [6.45, 7) is 0. The van der Waals surface area contributed by atoms with Crippen molar-refractivity contribution >= 4 is 39.1 Å². The third kappa shape index (κ3) is 2.86. The Morgan fingerprint density at radius 3 is 2.44 bits per heavy atom. The lowest BCUT2D eigenvalue weighted by Gasteiger charge is -2.15. The SMILES string of the molecule is NC(c1cc(Br)ccc1F)c1ccc(Cl)cc1Cl. The number of halogens is 4. The third-order valence-corrected chi connectivity index (χ3v) is 3.65. The van der Waals surface area contributed by atoms with Crippen LogP contribution in [0.15, 0.2) is 40.9 Å². The lowest BCUT2D eigenvalue weighted by molar-refractivity contribution is 0.599. The van der Waals surface area contributed by atoms with Gasteiger partial charge in [-0.25, -0.2) is 4.39 Å². The van der Waals surface area contributed by atoms with Gasteiger partial charge in [0.2, 0.25) is 0 Å². The van der Waals surface area contributed by atoms with Gasteiger partial charge in [0.05, 0.1) is 6.04 Å². The molecule has 0 aromatic heterocycles. The molecular formula is C13H9BrCl2FN. The van der Waals surface area contributed by atoms with Gasteiger partial charge in [0.1, 0.15) is 5.82 Å². The van der Waals surface area contributed by atoms with E-state index < -0.39 is 6.04 Å². The Morgan fingerprint density at radius 2 is 1.78 bits per heavy atom. The van der Waals surface area contributed by atoms with Crippen molar-refractivity contribution in [1.29, 1.82) is 0 Å². The van der Waals surface area contributed by atoms with Gasteiger partial charge in [0, 0.05) is 20.1 Å². The highest BCUT2D eigenvalue weighted by molar-refractivity contribution is 9.10. The van der Waals surface area contributed by atoms with Crippen molar-refractivity contribution in [2.24, 2.45) is 5.73 Å². The second kappa shape index (κ2) is 5.57. The molecule has 2 N–H and O–H groups in total. The van der Waals surface area contributed by atoms with Crippen LogP contribution in [0, 0.1) is 5.82 Å². The highest BCUT2D eigenvalue weighted by Crippen LogP contribution is 2.31. The van der Waals surface area contributed by atoms with Crippen molar-refractivity contribution in [3.63, 3.8) is 0 Å². The molecule has 0 saturated heterocycles. The van der Waals surface area contributed by atoms with E-state index in [2.05, 4.69) is 15.9 Å². The van der Waals surface area contributed by atoms with Crippen LogP contribution in [-0.2, 0) is 0 Å². The van der Waals surface area contributed by atoms with Gasteiger partial charge in [-0.15, -0.1) is 0 Å². The van der Waals surface area contributed by atoms with Crippen LogP contribution >= 0.6 is 39.1 Å². The lowest BCUT2D eigenvalue weighted by Crippen LogP contribution is -2.14. The fourth-order valence-electron chi connectivity index (χ4n) is 1.67. The fourth-order valence-corrected chi connectivity index (χ4v) is 2.58. The Labute approximate surface area is 123 Å². The Bertz CT molecular complexity index is 589. The lowest BCUT2D eigenvalue weighted by atomic mass is 9.99. The van der Waals surface area contributed by atoms with Gasteiger partial charge in [-0.1, -0.05) is 45.2 Å². The Morgan fingerprint density at radius 1 is 1.06 bits per heavy atom. The predicted molar refractivity (Wildman–Crippen MR) is 76.6 cm³/mol. The maximum atomic E-state index is 13.7. The summed E-state index contributed by atoms with van der Waals surface area (Å²) in [5, 5.41) is 0.944. The molecule has 18 heavy (non-hydrogen) atoms. The summed E-state index contributed by atoms with van der Waals surface area (Å²) in [6, 6.07) is 8.97. The number of rotatable bonds is 2. The summed E-state index contributed by atoms with van der Waals surface area (Å²) in [5.74, 6) is -0.364. The molecule has 94 valence electrons. The Hall–Kier alpha value is -0.610. The van der Waals surface area contributed by atoms with E-state index in [1.807, 2.05) is 0 Å². The largest absolute Gasteiger partial charge is 0.320 e. The molecule has 1 atom stereocenters. The average molecular weight is 349 g/mol. The average Bonchev–Trinajstić information content (AvgIpc) is 2.31. The zero-order valence-corrected chi connectivity index (χ0v) is 12.2. The standard InChI is InChI=1S/C13H9BrCl2FN/c14-7-1-4-12(17)10(5-7)13(18)9-3-2-8(15)6-11(9)16/h1-6,13H,18H2. The maximum absolute atomic E-state index is 13.7. The van der Waals surface area contributed by atoms with Crippen LogP contribution < -0.4 is 5.73 Å². The van der Waals surface area contributed by atoms with Crippen molar-refractivity contribution in [3.8, 4) is 0 Å². The number of nitrogens with two attached hydrogens (primary N) is 1. The molecule has 1 unspecified atom stereocenters. The summed E-state index contributed by atoms with van der Waals surface area (Å²) < 4.78 is 14.5. The molecule has 0 heterocycles. The van der Waals surface area contributed by atoms with Gasteiger partial charge >= 0.3 is 0 Å². The molecule has 0 aliphatic rings. The molecule has 1 nitrogen and oxygen atoms in total. The van der Waals surface area contributed by atoms with Crippen LogP contribution in [0.3, 0.4) is 0 Å². The van der Waals surface area contributed by atoms with Crippen LogP contribution in [0.1, 0.15) is 17.2 Å². The highest BCUT2D eigenvalue weighted by atomic mass is 79.9. The van der Waals surface area contributed by atoms with Gasteiger partial charge in [0.15, 0.2) is 0 Å². The highest BCUT2D eigenvalue weighted by Gasteiger charge is 2.16. The van der Waals surface area contributed by atoms with Gasteiger partial charge in [-0.2, -0.15) is 0 Å². The van der Waals surface area contributed by atoms with Crippen LogP contribution in [0.25, 0.3) is 0 Å². The molecule has 2 rings (SSSR count). The first-order valence-electron chi connectivity index (χ1n) is 5.14. The summed E-state index contributed by atoms with van der Waals surface area (Å²) in [4.78, 5) is 0. The normalized spacial score (nSPS) is 12.5. The first-order chi connectivity index (χ1) is 8.49. The van der Waals surface area contributed by atoms with E-state index in [4.69, 9.17) is 28.9 Å². The van der Waals surface area contributed by atoms with E-state index in [-0.39, 0.29) is 5.82 Å². The maximum Gasteiger partial charge on any atom is 0.128 e. The van der Waals surface area contributed by atoms with E-state index in [1.165, 1.54) is 6.07 Å². The fraction of sp³-hybridized carbons (Fsp3) is 0.0769. The molecule has 0 spiro atoms. The van der Waals surface area contributed by atoms with Crippen molar-refractivity contribution < 1.29 is 4.39 Å². The minimum absolute atomic E-state index is 0.364. The zero-order chi connectivity index (χ0) is 13.3. The minimum Gasteiger partial charge on any atom is -0.320 e. The number of hydrogen-bond acceptors (Lipinski definition) is 1. The van der Waals surface area contributed by atoms with Crippen LogP contribution in [-0.4, -0.2) is 0 Å². The summed E-state index contributed by atoms with van der Waals surface area (Å²) in [6.07, 6.45) is 0. The van der Waals surface area contributed by atoms with Gasteiger partial charge in [0.25, 0.3) is 0 Å². The second-order valence-corrected chi connectivity index (χ2v) is 5.57. The molecule has 0 aliphatic heterocycles. The zero-order valence-electron chi connectivity index (χ0n) is 9.13. The van der Waals surface area contributed by atoms with Crippen molar-refractivity contribution in [3.05, 3.63) is 67.9 Å². The molecule has 0 radical (unpaired) electrons.